The van der Waals surface area contributed by atoms with Gasteiger partial charge in [0.2, 0.25) is 5.91 Å². The van der Waals surface area contributed by atoms with Crippen LogP contribution in [0.5, 0.6) is 0 Å². The highest BCUT2D eigenvalue weighted by Crippen LogP contribution is 2.32. The van der Waals surface area contributed by atoms with Gasteiger partial charge in [-0.3, -0.25) is 9.69 Å². The summed E-state index contributed by atoms with van der Waals surface area (Å²) in [6, 6.07) is 10.4. The molecule has 0 saturated heterocycles. The normalized spacial score (nSPS) is 24.1. The Balaban J connectivity index is 2.41. The Labute approximate surface area is 162 Å². The van der Waals surface area contributed by atoms with Gasteiger partial charge in [0, 0.05) is 29.4 Å². The molecule has 2 rings (SSSR count). The average Bonchev–Trinajstić information content (AvgIpc) is 2.80. The number of rotatable bonds is 7. The highest BCUT2D eigenvalue weighted by atomic mass is 35.5. The molecular formula is C20H30Cl2N2O. The summed E-state index contributed by atoms with van der Waals surface area (Å²) in [5.41, 5.74) is 0.966. The van der Waals surface area contributed by atoms with Gasteiger partial charge in [-0.15, -0.1) is 23.2 Å². The summed E-state index contributed by atoms with van der Waals surface area (Å²) < 4.78 is 0. The van der Waals surface area contributed by atoms with E-state index < -0.39 is 0 Å². The molecule has 3 atom stereocenters. The van der Waals surface area contributed by atoms with Gasteiger partial charge in [0.05, 0.1) is 6.04 Å². The van der Waals surface area contributed by atoms with Crippen LogP contribution in [0.1, 0.15) is 46.0 Å². The number of benzene rings is 1. The number of hydrogen-bond donors (Lipinski definition) is 0. The van der Waals surface area contributed by atoms with Crippen LogP contribution < -0.4 is 4.90 Å². The lowest BCUT2D eigenvalue weighted by atomic mass is 9.97. The lowest BCUT2D eigenvalue weighted by molar-refractivity contribution is -0.119. The standard InChI is InChI=1S/C20H30Cl2N2O/c1-3-23(4-2)19-15-16(22)9-8-12-18(19)24(20(25)13-14-21)17-10-6-5-7-11-17/h5-7,10-11,16,18-19H,3-4,8-9,12-15H2,1-2H3. The smallest absolute Gasteiger partial charge is 0.228 e. The van der Waals surface area contributed by atoms with Crippen molar-refractivity contribution >= 4 is 34.8 Å². The van der Waals surface area contributed by atoms with Gasteiger partial charge in [0.25, 0.3) is 0 Å². The molecule has 0 aliphatic heterocycles. The van der Waals surface area contributed by atoms with Gasteiger partial charge in [0.1, 0.15) is 0 Å². The van der Waals surface area contributed by atoms with Crippen molar-refractivity contribution in [2.24, 2.45) is 0 Å². The molecule has 0 aromatic heterocycles. The minimum absolute atomic E-state index is 0.108. The van der Waals surface area contributed by atoms with Crippen LogP contribution in [0.3, 0.4) is 0 Å². The van der Waals surface area contributed by atoms with E-state index in [4.69, 9.17) is 23.2 Å². The van der Waals surface area contributed by atoms with Gasteiger partial charge in [0.15, 0.2) is 0 Å². The fourth-order valence-corrected chi connectivity index (χ4v) is 4.47. The van der Waals surface area contributed by atoms with Crippen molar-refractivity contribution in [3.8, 4) is 0 Å². The Hall–Kier alpha value is -0.770. The predicted octanol–water partition coefficient (Wildman–Crippen LogP) is 4.91. The first-order chi connectivity index (χ1) is 12.1. The number of carbonyl (C=O) groups excluding carboxylic acids is 1. The molecule has 0 N–H and O–H groups in total. The zero-order valence-corrected chi connectivity index (χ0v) is 16.8. The topological polar surface area (TPSA) is 23.6 Å². The fraction of sp³-hybridized carbons (Fsp3) is 0.650. The van der Waals surface area contributed by atoms with Crippen LogP contribution in [0.15, 0.2) is 30.3 Å². The molecule has 0 bridgehead atoms. The number of carbonyl (C=O) groups is 1. The second-order valence-electron chi connectivity index (χ2n) is 6.66. The van der Waals surface area contributed by atoms with Crippen LogP contribution in [0.4, 0.5) is 5.69 Å². The zero-order chi connectivity index (χ0) is 18.2. The van der Waals surface area contributed by atoms with Crippen LogP contribution in [-0.4, -0.2) is 47.2 Å². The number of nitrogens with zero attached hydrogens (tertiary/aromatic N) is 2. The van der Waals surface area contributed by atoms with Crippen molar-refractivity contribution in [3.63, 3.8) is 0 Å². The molecule has 1 saturated carbocycles. The Morgan fingerprint density at radius 3 is 2.40 bits per heavy atom. The van der Waals surface area contributed by atoms with Crippen LogP contribution in [0.2, 0.25) is 0 Å². The summed E-state index contributed by atoms with van der Waals surface area (Å²) in [5.74, 6) is 0.458. The van der Waals surface area contributed by atoms with E-state index in [0.29, 0.717) is 12.3 Å². The molecule has 3 nitrogen and oxygen atoms in total. The summed E-state index contributed by atoms with van der Waals surface area (Å²) in [7, 11) is 0. The molecule has 5 heteroatoms. The van der Waals surface area contributed by atoms with Crippen molar-refractivity contribution in [2.45, 2.75) is 63.4 Å². The third kappa shape index (κ3) is 5.35. The van der Waals surface area contributed by atoms with E-state index in [0.717, 1.165) is 44.5 Å². The molecule has 140 valence electrons. The summed E-state index contributed by atoms with van der Waals surface area (Å²) in [6.07, 6.45) is 4.33. The number of alkyl halides is 2. The highest BCUT2D eigenvalue weighted by Gasteiger charge is 2.37. The SMILES string of the molecule is CCN(CC)C1CC(Cl)CCCC1N(C(=O)CCCl)c1ccccc1. The van der Waals surface area contributed by atoms with Crippen LogP contribution >= 0.6 is 23.2 Å². The monoisotopic (exact) mass is 384 g/mol. The summed E-state index contributed by atoms with van der Waals surface area (Å²) in [4.78, 5) is 17.4. The van der Waals surface area contributed by atoms with E-state index in [2.05, 4.69) is 18.7 Å². The number of hydrogen-bond acceptors (Lipinski definition) is 2. The van der Waals surface area contributed by atoms with Gasteiger partial charge < -0.3 is 4.90 Å². The Morgan fingerprint density at radius 1 is 1.12 bits per heavy atom. The van der Waals surface area contributed by atoms with Crippen molar-refractivity contribution in [2.75, 3.05) is 23.9 Å². The number of halogens is 2. The molecule has 3 unspecified atom stereocenters. The number of para-hydroxylation sites is 1. The zero-order valence-electron chi connectivity index (χ0n) is 15.3. The van der Waals surface area contributed by atoms with E-state index >= 15 is 0 Å². The number of amides is 1. The van der Waals surface area contributed by atoms with E-state index in [1.165, 1.54) is 0 Å². The first-order valence-corrected chi connectivity index (χ1v) is 10.4. The predicted molar refractivity (Wildman–Crippen MR) is 108 cm³/mol. The van der Waals surface area contributed by atoms with Gasteiger partial charge in [-0.05, 0) is 50.9 Å². The first-order valence-electron chi connectivity index (χ1n) is 9.43. The molecule has 1 fully saturated rings. The van der Waals surface area contributed by atoms with Crippen LogP contribution in [-0.2, 0) is 4.79 Å². The second kappa shape index (κ2) is 10.4. The van der Waals surface area contributed by atoms with Gasteiger partial charge in [-0.2, -0.15) is 0 Å². The molecule has 0 heterocycles. The van der Waals surface area contributed by atoms with Gasteiger partial charge in [-0.1, -0.05) is 32.0 Å². The largest absolute Gasteiger partial charge is 0.308 e. The van der Waals surface area contributed by atoms with E-state index in [1.54, 1.807) is 0 Å². The minimum Gasteiger partial charge on any atom is -0.308 e. The molecule has 0 spiro atoms. The molecule has 25 heavy (non-hydrogen) atoms. The van der Waals surface area contributed by atoms with Crippen molar-refractivity contribution < 1.29 is 4.79 Å². The Bertz CT molecular complexity index is 522. The van der Waals surface area contributed by atoms with Gasteiger partial charge in [-0.25, -0.2) is 0 Å². The van der Waals surface area contributed by atoms with E-state index in [-0.39, 0.29) is 23.4 Å². The molecule has 1 amide bonds. The quantitative estimate of drug-likeness (QED) is 0.492. The van der Waals surface area contributed by atoms with E-state index in [9.17, 15) is 4.79 Å². The van der Waals surface area contributed by atoms with Crippen molar-refractivity contribution in [1.82, 2.24) is 4.90 Å². The fourth-order valence-electron chi connectivity index (χ4n) is 3.97. The molecule has 1 aromatic rings. The van der Waals surface area contributed by atoms with Gasteiger partial charge >= 0.3 is 0 Å². The third-order valence-electron chi connectivity index (χ3n) is 5.18. The molecule has 0 radical (unpaired) electrons. The van der Waals surface area contributed by atoms with Crippen molar-refractivity contribution in [3.05, 3.63) is 30.3 Å². The first kappa shape index (κ1) is 20.5. The van der Waals surface area contributed by atoms with Crippen LogP contribution in [0.25, 0.3) is 0 Å². The van der Waals surface area contributed by atoms with E-state index in [1.807, 2.05) is 35.2 Å². The highest BCUT2D eigenvalue weighted by molar-refractivity contribution is 6.20. The Morgan fingerprint density at radius 2 is 1.80 bits per heavy atom. The maximum Gasteiger partial charge on any atom is 0.228 e. The molecule has 1 aliphatic rings. The molecule has 1 aromatic carbocycles. The number of anilines is 1. The lowest BCUT2D eigenvalue weighted by Crippen LogP contribution is -2.54. The summed E-state index contributed by atoms with van der Waals surface area (Å²) in [5, 5.41) is 0.177. The molecular weight excluding hydrogens is 355 g/mol. The maximum absolute atomic E-state index is 13.0. The van der Waals surface area contributed by atoms with Crippen LogP contribution in [0, 0.1) is 0 Å². The Kier molecular flexibility index (Phi) is 8.54. The maximum atomic E-state index is 13.0. The summed E-state index contributed by atoms with van der Waals surface area (Å²) in [6.45, 7) is 6.30. The van der Waals surface area contributed by atoms with Crippen molar-refractivity contribution in [1.29, 1.82) is 0 Å². The lowest BCUT2D eigenvalue weighted by Gasteiger charge is -2.41. The molecule has 1 aliphatic carbocycles. The second-order valence-corrected chi connectivity index (χ2v) is 7.65. The summed E-state index contributed by atoms with van der Waals surface area (Å²) >= 11 is 12.5. The minimum atomic E-state index is 0.108. The third-order valence-corrected chi connectivity index (χ3v) is 5.77. The average molecular weight is 385 g/mol. The number of likely N-dealkylation sites (N-methyl/N-ethyl adjacent to an activating group) is 1.